The van der Waals surface area contributed by atoms with Crippen LogP contribution < -0.4 is 15.0 Å². The number of morpholine rings is 1. The van der Waals surface area contributed by atoms with Gasteiger partial charge in [0.15, 0.2) is 0 Å². The zero-order valence-electron chi connectivity index (χ0n) is 23.8. The molecule has 6 rings (SSSR count). The molecule has 0 aliphatic carbocycles. The number of anilines is 1. The third-order valence-electron chi connectivity index (χ3n) is 9.50. The van der Waals surface area contributed by atoms with Crippen LogP contribution in [0.4, 0.5) is 5.69 Å². The van der Waals surface area contributed by atoms with Gasteiger partial charge < -0.3 is 24.6 Å². The highest BCUT2D eigenvalue weighted by Crippen LogP contribution is 2.36. The quantitative estimate of drug-likeness (QED) is 0.517. The molecule has 212 valence electrons. The highest BCUT2D eigenvalue weighted by molar-refractivity contribution is 5.58. The number of piperidine rings is 1. The monoisotopic (exact) mass is 533 g/mol. The maximum Gasteiger partial charge on any atom is 0.142 e. The van der Waals surface area contributed by atoms with E-state index in [0.29, 0.717) is 12.1 Å². The van der Waals surface area contributed by atoms with E-state index >= 15 is 0 Å². The van der Waals surface area contributed by atoms with Crippen molar-refractivity contribution in [2.24, 2.45) is 5.92 Å². The number of benzene rings is 1. The Bertz CT molecular complexity index is 1070. The molecule has 1 aromatic carbocycles. The van der Waals surface area contributed by atoms with E-state index in [4.69, 9.17) is 14.5 Å². The molecular weight excluding hydrogens is 486 g/mol. The number of ether oxygens (including phenoxy) is 2. The van der Waals surface area contributed by atoms with Crippen LogP contribution in [-0.2, 0) is 17.7 Å². The molecule has 0 radical (unpaired) electrons. The molecule has 1 N–H and O–H groups in total. The van der Waals surface area contributed by atoms with E-state index in [2.05, 4.69) is 51.2 Å². The zero-order valence-corrected chi connectivity index (χ0v) is 23.8. The summed E-state index contributed by atoms with van der Waals surface area (Å²) in [5.74, 6) is 1.85. The molecule has 2 aromatic rings. The molecule has 7 heteroatoms. The molecule has 39 heavy (non-hydrogen) atoms. The van der Waals surface area contributed by atoms with Crippen LogP contribution in [0.1, 0.15) is 61.9 Å². The average Bonchev–Trinajstić information content (AvgIpc) is 3.01. The van der Waals surface area contributed by atoms with Gasteiger partial charge in [-0.05, 0) is 93.5 Å². The van der Waals surface area contributed by atoms with Crippen molar-refractivity contribution in [3.63, 3.8) is 0 Å². The van der Waals surface area contributed by atoms with Crippen molar-refractivity contribution in [1.29, 1.82) is 0 Å². The normalized spacial score (nSPS) is 24.3. The molecule has 2 atom stereocenters. The van der Waals surface area contributed by atoms with Crippen LogP contribution in [0.15, 0.2) is 36.5 Å². The summed E-state index contributed by atoms with van der Waals surface area (Å²) in [4.78, 5) is 12.7. The Morgan fingerprint density at radius 3 is 2.74 bits per heavy atom. The molecule has 4 aliphatic heterocycles. The van der Waals surface area contributed by atoms with Crippen LogP contribution in [0.25, 0.3) is 0 Å². The molecule has 2 saturated heterocycles. The topological polar surface area (TPSA) is 53.1 Å². The van der Waals surface area contributed by atoms with Crippen LogP contribution in [0.2, 0.25) is 0 Å². The van der Waals surface area contributed by atoms with Crippen molar-refractivity contribution in [3.8, 4) is 5.75 Å². The minimum atomic E-state index is 0.328. The van der Waals surface area contributed by atoms with Gasteiger partial charge in [0.1, 0.15) is 5.75 Å². The van der Waals surface area contributed by atoms with Gasteiger partial charge in [0, 0.05) is 50.5 Å². The Balaban J connectivity index is 1.16. The molecule has 0 spiro atoms. The molecule has 0 bridgehead atoms. The van der Waals surface area contributed by atoms with Gasteiger partial charge in [0.05, 0.1) is 31.6 Å². The maximum atomic E-state index is 6.02. The Labute approximate surface area is 234 Å². The van der Waals surface area contributed by atoms with Crippen LogP contribution in [0, 0.1) is 5.92 Å². The maximum absolute atomic E-state index is 6.02. The molecule has 1 aromatic heterocycles. The van der Waals surface area contributed by atoms with E-state index in [0.717, 1.165) is 82.7 Å². The third kappa shape index (κ3) is 6.43. The molecular formula is C32H47N5O2. The third-order valence-corrected chi connectivity index (χ3v) is 9.50. The van der Waals surface area contributed by atoms with Gasteiger partial charge in [-0.25, -0.2) is 0 Å². The molecule has 4 aliphatic rings. The van der Waals surface area contributed by atoms with E-state index < -0.39 is 0 Å². The minimum absolute atomic E-state index is 0.328. The van der Waals surface area contributed by atoms with Crippen molar-refractivity contribution >= 4 is 5.69 Å². The lowest BCUT2D eigenvalue weighted by molar-refractivity contribution is 0.115. The van der Waals surface area contributed by atoms with Gasteiger partial charge in [-0.15, -0.1) is 0 Å². The van der Waals surface area contributed by atoms with Crippen molar-refractivity contribution in [3.05, 3.63) is 53.3 Å². The van der Waals surface area contributed by atoms with Crippen LogP contribution in [0.3, 0.4) is 0 Å². The van der Waals surface area contributed by atoms with Crippen molar-refractivity contribution < 1.29 is 9.47 Å². The highest BCUT2D eigenvalue weighted by atomic mass is 16.5. The molecule has 0 amide bonds. The fourth-order valence-corrected chi connectivity index (χ4v) is 7.20. The highest BCUT2D eigenvalue weighted by Gasteiger charge is 2.32. The first-order valence-corrected chi connectivity index (χ1v) is 15.5. The smallest absolute Gasteiger partial charge is 0.142 e. The van der Waals surface area contributed by atoms with Crippen LogP contribution in [0.5, 0.6) is 5.75 Å². The van der Waals surface area contributed by atoms with Crippen LogP contribution >= 0.6 is 0 Å². The first kappa shape index (κ1) is 27.0. The number of likely N-dealkylation sites (tertiary alicyclic amines) is 1. The lowest BCUT2D eigenvalue weighted by Gasteiger charge is -2.40. The van der Waals surface area contributed by atoms with Crippen molar-refractivity contribution in [1.82, 2.24) is 20.1 Å². The summed E-state index contributed by atoms with van der Waals surface area (Å²) >= 11 is 0. The number of nitrogens with one attached hydrogen (secondary N) is 1. The fraction of sp³-hybridized carbons (Fsp3) is 0.656. The molecule has 2 fully saturated rings. The number of hydrogen-bond acceptors (Lipinski definition) is 7. The number of nitrogens with zero attached hydrogens (tertiary/aromatic N) is 4. The summed E-state index contributed by atoms with van der Waals surface area (Å²) in [5.41, 5.74) is 5.55. The van der Waals surface area contributed by atoms with Crippen LogP contribution in [-0.4, -0.2) is 86.5 Å². The standard InChI is InChI=1S/C32H47N5O2/c1-2-35-15-10-25(11-16-35)6-5-14-37(30-12-19-39-31-9-4-13-33-32(30)31)24-27-22-28-26(23-34-27)7-3-8-29(28)36-17-20-38-21-18-36/h3-4,7-9,13,25,27,30,34H,2,5-6,10-12,14-24H2,1H3/t27-,30+/m1/s1. The summed E-state index contributed by atoms with van der Waals surface area (Å²) in [5, 5.41) is 3.91. The van der Waals surface area contributed by atoms with Gasteiger partial charge in [0.25, 0.3) is 0 Å². The van der Waals surface area contributed by atoms with Gasteiger partial charge in [-0.3, -0.25) is 9.88 Å². The lowest BCUT2D eigenvalue weighted by Crippen LogP contribution is -2.47. The second-order valence-electron chi connectivity index (χ2n) is 11.9. The van der Waals surface area contributed by atoms with E-state index in [-0.39, 0.29) is 0 Å². The Kier molecular flexibility index (Phi) is 8.99. The minimum Gasteiger partial charge on any atom is -0.492 e. The average molecular weight is 534 g/mol. The van der Waals surface area contributed by atoms with Crippen molar-refractivity contribution in [2.45, 2.75) is 64.1 Å². The number of hydrogen-bond donors (Lipinski definition) is 1. The Morgan fingerprint density at radius 2 is 1.90 bits per heavy atom. The predicted molar refractivity (Wildman–Crippen MR) is 157 cm³/mol. The summed E-state index contributed by atoms with van der Waals surface area (Å²) in [7, 11) is 0. The van der Waals surface area contributed by atoms with E-state index in [9.17, 15) is 0 Å². The molecule has 0 unspecified atom stereocenters. The number of pyridine rings is 1. The lowest BCUT2D eigenvalue weighted by atomic mass is 9.91. The zero-order chi connectivity index (χ0) is 26.4. The second kappa shape index (κ2) is 13.0. The van der Waals surface area contributed by atoms with Gasteiger partial charge in [-0.1, -0.05) is 19.1 Å². The molecule has 5 heterocycles. The Morgan fingerprint density at radius 1 is 1.03 bits per heavy atom. The summed E-state index contributed by atoms with van der Waals surface area (Å²) in [6.45, 7) is 13.6. The van der Waals surface area contributed by atoms with E-state index in [1.807, 2.05) is 12.3 Å². The first-order valence-electron chi connectivity index (χ1n) is 15.5. The predicted octanol–water partition coefficient (Wildman–Crippen LogP) is 4.27. The van der Waals surface area contributed by atoms with Gasteiger partial charge in [0.2, 0.25) is 0 Å². The summed E-state index contributed by atoms with van der Waals surface area (Å²) in [6, 6.07) is 11.7. The van der Waals surface area contributed by atoms with E-state index in [1.165, 1.54) is 62.1 Å². The summed E-state index contributed by atoms with van der Waals surface area (Å²) in [6.07, 6.45) is 9.35. The SMILES string of the molecule is CCN1CCC(CCCN(C[C@H]2Cc3c(cccc3N3CCOCC3)CN2)[C@H]2CCOc3cccnc32)CC1. The number of aromatic nitrogens is 1. The first-order chi connectivity index (χ1) is 19.3. The summed E-state index contributed by atoms with van der Waals surface area (Å²) < 4.78 is 11.7. The van der Waals surface area contributed by atoms with E-state index in [1.54, 1.807) is 0 Å². The van der Waals surface area contributed by atoms with Gasteiger partial charge >= 0.3 is 0 Å². The fourth-order valence-electron chi connectivity index (χ4n) is 7.20. The largest absolute Gasteiger partial charge is 0.492 e. The van der Waals surface area contributed by atoms with Crippen molar-refractivity contribution in [2.75, 3.05) is 70.5 Å². The number of fused-ring (bicyclic) bond motifs is 2. The number of rotatable bonds is 9. The Hall–Kier alpha value is -2.19. The molecule has 0 saturated carbocycles. The van der Waals surface area contributed by atoms with Gasteiger partial charge in [-0.2, -0.15) is 0 Å². The molecule has 7 nitrogen and oxygen atoms in total. The second-order valence-corrected chi connectivity index (χ2v) is 11.9.